The van der Waals surface area contributed by atoms with Gasteiger partial charge in [0.25, 0.3) is 0 Å². The zero-order valence-electron chi connectivity index (χ0n) is 26.5. The Kier molecular flexibility index (Phi) is 17.3. The van der Waals surface area contributed by atoms with Crippen LogP contribution in [0.15, 0.2) is 30.3 Å². The molecule has 7 amide bonds. The molecule has 0 heterocycles. The monoisotopic (exact) mass is 662 g/mol. The van der Waals surface area contributed by atoms with Gasteiger partial charge in [-0.2, -0.15) is 0 Å². The average Bonchev–Trinajstić information content (AvgIpc) is 2.99. The van der Waals surface area contributed by atoms with E-state index in [0.717, 1.165) is 6.92 Å². The molecule has 1 radical (unpaired) electrons. The Morgan fingerprint density at radius 2 is 1.36 bits per heavy atom. The molecule has 0 fully saturated rings. The van der Waals surface area contributed by atoms with E-state index in [1.54, 1.807) is 50.5 Å². The van der Waals surface area contributed by atoms with Crippen LogP contribution in [0.4, 0.5) is 0 Å². The molecular weight excluding hydrogens is 618 g/mol. The van der Waals surface area contributed by atoms with Gasteiger partial charge in [-0.25, -0.2) is 0 Å². The smallest absolute Gasteiger partial charge is 0.245 e. The average molecular weight is 663 g/mol. The van der Waals surface area contributed by atoms with Crippen molar-refractivity contribution < 1.29 is 48.6 Å². The number of rotatable bonds is 21. The number of nitrogens with two attached hydrogens (primary N) is 2. The molecule has 0 aromatic heterocycles. The van der Waals surface area contributed by atoms with Crippen LogP contribution in [0.5, 0.6) is 0 Å². The molecule has 0 saturated carbocycles. The van der Waals surface area contributed by atoms with Gasteiger partial charge in [-0.1, -0.05) is 44.2 Å². The third kappa shape index (κ3) is 15.3. The van der Waals surface area contributed by atoms with Crippen LogP contribution >= 0.6 is 0 Å². The van der Waals surface area contributed by atoms with Gasteiger partial charge in [0.15, 0.2) is 0 Å². The fourth-order valence-electron chi connectivity index (χ4n) is 4.28. The van der Waals surface area contributed by atoms with Crippen molar-refractivity contribution in [3.8, 4) is 0 Å². The predicted molar refractivity (Wildman–Crippen MR) is 166 cm³/mol. The van der Waals surface area contributed by atoms with E-state index in [2.05, 4.69) is 26.6 Å². The highest BCUT2D eigenvalue weighted by Crippen LogP contribution is 2.11. The largest absolute Gasteiger partial charge is 0.394 e. The van der Waals surface area contributed by atoms with Crippen LogP contribution in [-0.4, -0.2) is 101 Å². The summed E-state index contributed by atoms with van der Waals surface area (Å²) in [5, 5.41) is 32.2. The van der Waals surface area contributed by atoms with Crippen LogP contribution in [0.25, 0.3) is 0 Å². The number of carbonyl (C=O) groups excluding carboxylic acids is 8. The lowest BCUT2D eigenvalue weighted by Crippen LogP contribution is -2.59. The molecule has 1 rings (SSSR count). The zero-order chi connectivity index (χ0) is 35.7. The molecule has 6 unspecified atom stereocenters. The zero-order valence-corrected chi connectivity index (χ0v) is 26.5. The topological polar surface area (TPSA) is 289 Å². The van der Waals surface area contributed by atoms with Crippen LogP contribution < -0.4 is 38.1 Å². The summed E-state index contributed by atoms with van der Waals surface area (Å²) in [5.74, 6) is -6.45. The van der Waals surface area contributed by atoms with E-state index in [-0.39, 0.29) is 25.2 Å². The number of primary amides is 2. The minimum Gasteiger partial charge on any atom is -0.394 e. The molecule has 0 spiro atoms. The number of hydrogen-bond acceptors (Lipinski definition) is 10. The molecule has 1 aromatic carbocycles. The first-order valence-corrected chi connectivity index (χ1v) is 14.8. The number of aliphatic hydroxyl groups excluding tert-OH is 2. The van der Waals surface area contributed by atoms with Crippen molar-refractivity contribution in [1.29, 1.82) is 0 Å². The first-order chi connectivity index (χ1) is 22.1. The van der Waals surface area contributed by atoms with E-state index in [1.165, 1.54) is 0 Å². The molecule has 0 aliphatic carbocycles. The van der Waals surface area contributed by atoms with Gasteiger partial charge in [0, 0.05) is 13.3 Å². The molecule has 11 N–H and O–H groups in total. The summed E-state index contributed by atoms with van der Waals surface area (Å²) < 4.78 is 0. The Morgan fingerprint density at radius 3 is 1.87 bits per heavy atom. The van der Waals surface area contributed by atoms with Gasteiger partial charge >= 0.3 is 0 Å². The second-order valence-corrected chi connectivity index (χ2v) is 11.2. The highest BCUT2D eigenvalue weighted by molar-refractivity contribution is 5.96. The third-order valence-electron chi connectivity index (χ3n) is 6.82. The first-order valence-electron chi connectivity index (χ1n) is 14.8. The van der Waals surface area contributed by atoms with Crippen molar-refractivity contribution in [1.82, 2.24) is 26.6 Å². The molecule has 0 saturated heterocycles. The van der Waals surface area contributed by atoms with Crippen molar-refractivity contribution in [2.45, 2.75) is 89.2 Å². The van der Waals surface area contributed by atoms with E-state index in [4.69, 9.17) is 11.5 Å². The van der Waals surface area contributed by atoms with Crippen molar-refractivity contribution >= 4 is 47.6 Å². The van der Waals surface area contributed by atoms with E-state index in [1.807, 2.05) is 0 Å². The van der Waals surface area contributed by atoms with Gasteiger partial charge in [-0.05, 0) is 24.3 Å². The number of aliphatic hydroxyl groups is 2. The maximum absolute atomic E-state index is 13.5. The molecule has 259 valence electrons. The summed E-state index contributed by atoms with van der Waals surface area (Å²) in [7, 11) is 0. The fraction of sp³-hybridized carbons (Fsp3) is 0.533. The Balaban J connectivity index is 3.25. The maximum Gasteiger partial charge on any atom is 0.245 e. The number of hydrogen-bond donors (Lipinski definition) is 9. The van der Waals surface area contributed by atoms with Gasteiger partial charge in [-0.15, -0.1) is 0 Å². The number of amides is 7. The Labute approximate surface area is 271 Å². The number of benzene rings is 1. The second kappa shape index (κ2) is 20.3. The Morgan fingerprint density at radius 1 is 0.787 bits per heavy atom. The molecule has 0 aliphatic rings. The van der Waals surface area contributed by atoms with Crippen LogP contribution in [0.2, 0.25) is 0 Å². The maximum atomic E-state index is 13.5. The van der Waals surface area contributed by atoms with Gasteiger partial charge in [0.2, 0.25) is 47.6 Å². The van der Waals surface area contributed by atoms with Crippen LogP contribution in [0.1, 0.15) is 52.0 Å². The Hall–Kier alpha value is -4.90. The summed E-state index contributed by atoms with van der Waals surface area (Å²) in [4.78, 5) is 97.9. The highest BCUT2D eigenvalue weighted by Gasteiger charge is 2.33. The third-order valence-corrected chi connectivity index (χ3v) is 6.82. The second-order valence-electron chi connectivity index (χ2n) is 11.2. The van der Waals surface area contributed by atoms with Crippen molar-refractivity contribution in [3.05, 3.63) is 35.9 Å². The molecule has 47 heavy (non-hydrogen) atoms. The van der Waals surface area contributed by atoms with Crippen LogP contribution in [0.3, 0.4) is 0 Å². The first kappa shape index (κ1) is 40.1. The van der Waals surface area contributed by atoms with Crippen molar-refractivity contribution in [2.75, 3.05) is 6.61 Å². The van der Waals surface area contributed by atoms with Crippen LogP contribution in [0, 0.1) is 5.92 Å². The molecule has 1 aromatic rings. The van der Waals surface area contributed by atoms with Gasteiger partial charge in [0.1, 0.15) is 18.1 Å². The number of nitrogens with one attached hydrogen (secondary N) is 5. The van der Waals surface area contributed by atoms with E-state index < -0.39 is 97.1 Å². The SMILES string of the molecule is CC(=O)NC(CO)C(=O)NC(CCC(N)=O)C(=O)NC(CC(N)=O)C(=O)NC(Cc1ccccc1)C(O)CC(=O)NC([C]=O)C(C)C. The van der Waals surface area contributed by atoms with Crippen molar-refractivity contribution in [2.24, 2.45) is 17.4 Å². The van der Waals surface area contributed by atoms with Gasteiger partial charge in [0.05, 0.1) is 37.6 Å². The molecule has 17 nitrogen and oxygen atoms in total. The molecule has 0 bridgehead atoms. The minimum absolute atomic E-state index is 0.00860. The van der Waals surface area contributed by atoms with Crippen molar-refractivity contribution in [3.63, 3.8) is 0 Å². The lowest BCUT2D eigenvalue weighted by molar-refractivity contribution is -0.135. The summed E-state index contributed by atoms with van der Waals surface area (Å²) in [5.41, 5.74) is 11.2. The Bertz CT molecular complexity index is 1260. The normalized spacial score (nSPS) is 14.7. The standard InChI is InChI=1S/C30H44N7O10/c1-16(2)22(14-38)34-27(44)13-24(41)20(11-18-7-5-4-6-8-18)36-29(46)21(12-26(32)43)37-28(45)19(9-10-25(31)42)35-30(47)23(15-39)33-17(3)40/h4-8,16,19-24,39,41H,9-13,15H2,1-3H3,(H2,31,42)(H2,32,43)(H,33,40)(H,34,44)(H,35,47)(H,36,46)(H,37,45). The van der Waals surface area contributed by atoms with Gasteiger partial charge in [-0.3, -0.25) is 38.4 Å². The summed E-state index contributed by atoms with van der Waals surface area (Å²) >= 11 is 0. The van der Waals surface area contributed by atoms with E-state index >= 15 is 0 Å². The molecular formula is C30H44N7O10. The molecule has 17 heteroatoms. The van der Waals surface area contributed by atoms with E-state index in [0.29, 0.717) is 5.56 Å². The quantitative estimate of drug-likeness (QED) is 0.0621. The van der Waals surface area contributed by atoms with Gasteiger partial charge < -0.3 is 48.3 Å². The number of carbonyl (C=O) groups is 7. The van der Waals surface area contributed by atoms with E-state index in [9.17, 15) is 48.6 Å². The lowest BCUT2D eigenvalue weighted by Gasteiger charge is -2.28. The molecule has 6 atom stereocenters. The summed E-state index contributed by atoms with van der Waals surface area (Å²) in [6.45, 7) is 3.66. The van der Waals surface area contributed by atoms with Crippen LogP contribution in [-0.2, 0) is 44.8 Å². The highest BCUT2D eigenvalue weighted by atomic mass is 16.3. The molecule has 0 aliphatic heterocycles. The fourth-order valence-corrected chi connectivity index (χ4v) is 4.28. The predicted octanol–water partition coefficient (Wildman–Crippen LogP) is -3.68. The summed E-state index contributed by atoms with van der Waals surface area (Å²) in [6.07, 6.45) is -1.78. The summed E-state index contributed by atoms with van der Waals surface area (Å²) in [6, 6.07) is 1.90. The minimum atomic E-state index is -1.65. The lowest BCUT2D eigenvalue weighted by atomic mass is 9.97.